The smallest absolute Gasteiger partial charge is 0.433 e. The number of ether oxygens (including phenoxy) is 4. The molecule has 30 heteroatoms. The summed E-state index contributed by atoms with van der Waals surface area (Å²) in [6.07, 6.45) is 3.03. The number of pyridine rings is 11. The van der Waals surface area contributed by atoms with Gasteiger partial charge >= 0.3 is 12.4 Å². The number of hydrogen-bond donors (Lipinski definition) is 0. The van der Waals surface area contributed by atoms with Crippen molar-refractivity contribution in [1.29, 1.82) is 0 Å². The van der Waals surface area contributed by atoms with Gasteiger partial charge in [0.1, 0.15) is 97.7 Å². The Hall–Kier alpha value is -13.0. The molecule has 0 bridgehead atoms. The predicted molar refractivity (Wildman–Crippen MR) is 364 cm³/mol. The van der Waals surface area contributed by atoms with Crippen LogP contribution in [0.15, 0.2) is 189 Å². The summed E-state index contributed by atoms with van der Waals surface area (Å²) in [7, 11) is 0. The third-order valence-corrected chi connectivity index (χ3v) is 14.2. The minimum atomic E-state index is -4.55. The van der Waals surface area contributed by atoms with Gasteiger partial charge in [0.15, 0.2) is 28.9 Å². The van der Waals surface area contributed by atoms with E-state index in [1.165, 1.54) is 79.3 Å². The van der Waals surface area contributed by atoms with E-state index in [4.69, 9.17) is 18.9 Å². The number of carbonyl (C=O) groups excluding carboxylic acids is 4. The molecular formula is C76H60F9N13O8. The first-order valence-electron chi connectivity index (χ1n) is 31.7. The number of halogens is 9. The van der Waals surface area contributed by atoms with Crippen molar-refractivity contribution in [2.24, 2.45) is 0 Å². The molecule has 12 rings (SSSR count). The number of Topliss-reactive ketones (excluding diaryl/α,β-unsaturated/α-hetero) is 4. The maximum absolute atomic E-state index is 13.2. The standard InChI is InChI=1S/C20H16F3N3O2.C19H13F4N3O2.C19H16FN3O2.C18H15FN4O2/c1-12-3-4-14(24-10-12)8-18(27)17-9-16(7-13(2)26-17)28-15-5-6-19(25-11-15)20(21,22)23;1-11-6-15(28-14-2-3-18(25-10-14)19(21,22)23)9-16(26-11)17(27)8-13-7-12(20)4-5-24-13;1-12-3-4-16(11-22-12)25-17-7-13(2)23-18(10-17)19(24)9-15-8-14(20)5-6-21-15;1-11-5-15(25-16-9-21-12(2)22-10-16)8-17(23-11)18(24)7-14-6-13(19)3-4-20-14/h3-7,9-11H,8H2,1-2H3;2-7,9-10H,8H2,1H3;3-8,10-11H,9H2,1-2H3;3-6,8-10H,7H2,1-2H3. The first-order chi connectivity index (χ1) is 50.4. The SMILES string of the molecule is Cc1cc(Oc2ccc(C(F)(F)F)nc2)cc(C(=O)Cc2cc(F)ccn2)n1.Cc1cc(Oc2cnc(C)nc2)cc(C(=O)Cc2cc(F)ccn2)n1.Cc1ccc(CC(=O)c2cc(Oc3ccc(C(F)(F)F)nc3)cc(C)n2)nc1.Cc1ccc(Oc2cc(C)nc(C(=O)Cc3cc(F)ccn3)c2)cn1. The molecule has 0 saturated heterocycles. The minimum absolute atomic E-state index is 0.0280. The summed E-state index contributed by atoms with van der Waals surface area (Å²) in [6.45, 7) is 12.4. The van der Waals surface area contributed by atoms with Gasteiger partial charge < -0.3 is 18.9 Å². The quantitative estimate of drug-likeness (QED) is 0.0506. The molecule has 0 saturated carbocycles. The Balaban J connectivity index is 0.000000164. The lowest BCUT2D eigenvalue weighted by Crippen LogP contribution is -2.09. The van der Waals surface area contributed by atoms with Crippen LogP contribution in [0.5, 0.6) is 46.0 Å². The molecule has 0 N–H and O–H groups in total. The van der Waals surface area contributed by atoms with Gasteiger partial charge in [-0.2, -0.15) is 26.3 Å². The third-order valence-electron chi connectivity index (χ3n) is 14.2. The predicted octanol–water partition coefficient (Wildman–Crippen LogP) is 16.4. The monoisotopic (exact) mass is 1450 g/mol. The maximum atomic E-state index is 13.2. The van der Waals surface area contributed by atoms with Crippen LogP contribution in [0, 0.1) is 65.9 Å². The van der Waals surface area contributed by atoms with Crippen molar-refractivity contribution >= 4 is 23.1 Å². The van der Waals surface area contributed by atoms with Gasteiger partial charge in [-0.05, 0) is 133 Å². The zero-order chi connectivity index (χ0) is 76.2. The van der Waals surface area contributed by atoms with Gasteiger partial charge in [0, 0.05) is 107 Å². The first kappa shape index (κ1) is 77.1. The average molecular weight is 1450 g/mol. The van der Waals surface area contributed by atoms with Crippen molar-refractivity contribution in [2.75, 3.05) is 0 Å². The molecule has 0 amide bonds. The number of hydrogen-bond acceptors (Lipinski definition) is 21. The number of nitrogens with zero attached hydrogens (tertiary/aromatic N) is 13. The van der Waals surface area contributed by atoms with Crippen LogP contribution in [-0.4, -0.2) is 87.9 Å². The van der Waals surface area contributed by atoms with Crippen LogP contribution in [-0.2, 0) is 38.0 Å². The van der Waals surface area contributed by atoms with E-state index in [0.717, 1.165) is 47.9 Å². The third kappa shape index (κ3) is 24.1. The molecule has 0 unspecified atom stereocenters. The van der Waals surface area contributed by atoms with Crippen molar-refractivity contribution in [3.8, 4) is 46.0 Å². The molecule has 0 spiro atoms. The number of rotatable bonds is 20. The van der Waals surface area contributed by atoms with Crippen LogP contribution < -0.4 is 18.9 Å². The van der Waals surface area contributed by atoms with Crippen LogP contribution in [0.1, 0.15) is 116 Å². The summed E-state index contributed by atoms with van der Waals surface area (Å²) in [5, 5.41) is 0. The van der Waals surface area contributed by atoms with E-state index in [1.54, 1.807) is 95.8 Å². The molecule has 0 aliphatic carbocycles. The van der Waals surface area contributed by atoms with Gasteiger partial charge in [-0.15, -0.1) is 0 Å². The summed E-state index contributed by atoms with van der Waals surface area (Å²) in [5.74, 6) is 0.773. The lowest BCUT2D eigenvalue weighted by atomic mass is 10.1. The molecule has 0 aliphatic rings. The maximum Gasteiger partial charge on any atom is 0.433 e. The van der Waals surface area contributed by atoms with Crippen LogP contribution in [0.3, 0.4) is 0 Å². The molecule has 12 heterocycles. The van der Waals surface area contributed by atoms with Crippen molar-refractivity contribution in [2.45, 2.75) is 86.5 Å². The summed E-state index contributed by atoms with van der Waals surface area (Å²) in [4.78, 5) is 102. The highest BCUT2D eigenvalue weighted by Gasteiger charge is 2.33. The molecule has 12 aromatic heterocycles. The molecule has 0 radical (unpaired) electrons. The molecule has 0 aromatic carbocycles. The van der Waals surface area contributed by atoms with Crippen molar-refractivity contribution < 1.29 is 77.6 Å². The summed E-state index contributed by atoms with van der Waals surface area (Å²) in [5.41, 5.74) is 4.43. The fourth-order valence-corrected chi connectivity index (χ4v) is 9.32. The Kier molecular flexibility index (Phi) is 25.6. The highest BCUT2D eigenvalue weighted by molar-refractivity contribution is 5.97. The minimum Gasteiger partial charge on any atom is -0.456 e. The van der Waals surface area contributed by atoms with E-state index in [1.807, 2.05) is 26.0 Å². The van der Waals surface area contributed by atoms with Gasteiger partial charge in [-0.25, -0.2) is 53.0 Å². The highest BCUT2D eigenvalue weighted by atomic mass is 19.4. The van der Waals surface area contributed by atoms with Crippen LogP contribution in [0.4, 0.5) is 39.5 Å². The fraction of sp³-hybridized carbons (Fsp3) is 0.171. The van der Waals surface area contributed by atoms with Crippen molar-refractivity contribution in [1.82, 2.24) is 64.8 Å². The molecule has 21 nitrogen and oxygen atoms in total. The van der Waals surface area contributed by atoms with Crippen LogP contribution >= 0.6 is 0 Å². The lowest BCUT2D eigenvalue weighted by molar-refractivity contribution is -0.142. The van der Waals surface area contributed by atoms with E-state index >= 15 is 0 Å². The van der Waals surface area contributed by atoms with Crippen LogP contribution in [0.25, 0.3) is 0 Å². The van der Waals surface area contributed by atoms with E-state index in [2.05, 4.69) is 64.8 Å². The van der Waals surface area contributed by atoms with Crippen molar-refractivity contribution in [3.63, 3.8) is 0 Å². The molecule has 540 valence electrons. The second-order valence-corrected chi connectivity index (χ2v) is 23.2. The average Bonchev–Trinajstić information content (AvgIpc) is 0.846. The summed E-state index contributed by atoms with van der Waals surface area (Å²) >= 11 is 0. The molecule has 12 aromatic rings. The first-order valence-corrected chi connectivity index (χ1v) is 31.7. The Bertz CT molecular complexity index is 4930. The van der Waals surface area contributed by atoms with E-state index in [0.29, 0.717) is 68.7 Å². The van der Waals surface area contributed by atoms with Gasteiger partial charge in [0.25, 0.3) is 0 Å². The summed E-state index contributed by atoms with van der Waals surface area (Å²) < 4.78 is 138. The Morgan fingerprint density at radius 3 is 0.915 bits per heavy atom. The number of alkyl halides is 6. The van der Waals surface area contributed by atoms with E-state index in [9.17, 15) is 58.7 Å². The highest BCUT2D eigenvalue weighted by Crippen LogP contribution is 2.33. The Labute approximate surface area is 599 Å². The van der Waals surface area contributed by atoms with E-state index in [-0.39, 0.29) is 94.5 Å². The van der Waals surface area contributed by atoms with Gasteiger partial charge in [-0.3, -0.25) is 44.1 Å². The number of carbonyl (C=O) groups is 4. The van der Waals surface area contributed by atoms with Gasteiger partial charge in [0.2, 0.25) is 0 Å². The van der Waals surface area contributed by atoms with Crippen LogP contribution in [0.2, 0.25) is 0 Å². The van der Waals surface area contributed by atoms with Crippen molar-refractivity contribution in [3.05, 3.63) is 303 Å². The zero-order valence-corrected chi connectivity index (χ0v) is 57.2. The van der Waals surface area contributed by atoms with E-state index < -0.39 is 47.0 Å². The Morgan fingerprint density at radius 1 is 0.302 bits per heavy atom. The van der Waals surface area contributed by atoms with Gasteiger partial charge in [0.05, 0.1) is 73.7 Å². The second kappa shape index (κ2) is 35.2. The zero-order valence-electron chi connectivity index (χ0n) is 57.2. The number of aryl methyl sites for hydroxylation is 7. The lowest BCUT2D eigenvalue weighted by Gasteiger charge is -2.10. The normalized spacial score (nSPS) is 10.9. The molecule has 106 heavy (non-hydrogen) atoms. The molecule has 0 aliphatic heterocycles. The number of ketones is 4. The van der Waals surface area contributed by atoms with Gasteiger partial charge in [-0.1, -0.05) is 6.07 Å². The molecule has 0 fully saturated rings. The molecular weight excluding hydrogens is 1390 g/mol. The number of aromatic nitrogens is 13. The largest absolute Gasteiger partial charge is 0.456 e. The Morgan fingerprint density at radius 2 is 0.623 bits per heavy atom. The fourth-order valence-electron chi connectivity index (χ4n) is 9.32. The second-order valence-electron chi connectivity index (χ2n) is 23.2. The molecule has 0 atom stereocenters. The summed E-state index contributed by atoms with van der Waals surface area (Å²) in [6, 6.07) is 30.9. The topological polar surface area (TPSA) is 273 Å².